The second-order valence-corrected chi connectivity index (χ2v) is 13.6. The largest absolute Gasteiger partial charge is 0.460 e. The molecular formula is C42H44N4O6. The number of nitrogens with one attached hydrogen (secondary N) is 1. The van der Waals surface area contributed by atoms with E-state index in [-0.39, 0.29) is 49.2 Å². The molecule has 0 saturated carbocycles. The van der Waals surface area contributed by atoms with E-state index in [9.17, 15) is 29.8 Å². The Morgan fingerprint density at radius 3 is 2.02 bits per heavy atom. The predicted octanol–water partition coefficient (Wildman–Crippen LogP) is 7.23. The number of rotatable bonds is 15. The molecule has 0 radical (unpaired) electrons. The fourth-order valence-corrected chi connectivity index (χ4v) is 7.00. The lowest BCUT2D eigenvalue weighted by Gasteiger charge is -2.31. The molecule has 2 amide bonds. The van der Waals surface area contributed by atoms with E-state index >= 15 is 0 Å². The van der Waals surface area contributed by atoms with Crippen LogP contribution < -0.4 is 5.32 Å². The van der Waals surface area contributed by atoms with Crippen molar-refractivity contribution < 1.29 is 24.0 Å². The first-order valence-electron chi connectivity index (χ1n) is 17.7. The molecule has 0 aromatic heterocycles. The number of ether oxygens (including phenoxy) is 1. The van der Waals surface area contributed by atoms with Crippen molar-refractivity contribution in [3.05, 3.63) is 148 Å². The summed E-state index contributed by atoms with van der Waals surface area (Å²) in [5.41, 5.74) is 2.51. The van der Waals surface area contributed by atoms with Crippen molar-refractivity contribution in [2.75, 3.05) is 6.54 Å². The van der Waals surface area contributed by atoms with Gasteiger partial charge in [0.15, 0.2) is 0 Å². The Balaban J connectivity index is 1.30. The molecule has 4 aromatic rings. The van der Waals surface area contributed by atoms with E-state index in [1.165, 1.54) is 29.2 Å². The molecule has 52 heavy (non-hydrogen) atoms. The normalized spacial score (nSPS) is 16.6. The first-order chi connectivity index (χ1) is 25.1. The first-order valence-corrected chi connectivity index (χ1v) is 17.7. The van der Waals surface area contributed by atoms with E-state index in [1.807, 2.05) is 105 Å². The Kier molecular flexibility index (Phi) is 12.5. The number of hydrogen-bond acceptors (Lipinski definition) is 7. The second kappa shape index (κ2) is 17.4. The summed E-state index contributed by atoms with van der Waals surface area (Å²) >= 11 is 0. The number of carbonyl (C=O) groups is 3. The highest BCUT2D eigenvalue weighted by Crippen LogP contribution is 2.37. The minimum Gasteiger partial charge on any atom is -0.460 e. The Morgan fingerprint density at radius 2 is 1.48 bits per heavy atom. The number of hydrogen-bond donors (Lipinski definition) is 1. The summed E-state index contributed by atoms with van der Waals surface area (Å²) in [5.74, 6) is -1.07. The Hall–Kier alpha value is -5.82. The molecule has 1 aliphatic heterocycles. The van der Waals surface area contributed by atoms with Gasteiger partial charge in [-0.15, -0.1) is 0 Å². The third-order valence-corrected chi connectivity index (χ3v) is 9.92. The van der Waals surface area contributed by atoms with Gasteiger partial charge < -0.3 is 15.0 Å². The monoisotopic (exact) mass is 700 g/mol. The van der Waals surface area contributed by atoms with Crippen LogP contribution in [0.3, 0.4) is 0 Å². The summed E-state index contributed by atoms with van der Waals surface area (Å²) in [4.78, 5) is 53.0. The average molecular weight is 701 g/mol. The van der Waals surface area contributed by atoms with Crippen LogP contribution in [0.2, 0.25) is 0 Å². The first kappa shape index (κ1) is 37.4. The minimum absolute atomic E-state index is 0.0579. The third-order valence-electron chi connectivity index (χ3n) is 9.92. The van der Waals surface area contributed by atoms with E-state index < -0.39 is 34.5 Å². The number of nitriles is 1. The molecule has 10 heteroatoms. The highest BCUT2D eigenvalue weighted by molar-refractivity contribution is 5.89. The third kappa shape index (κ3) is 9.09. The Bertz CT molecular complexity index is 1820. The zero-order chi connectivity index (χ0) is 37.1. The highest BCUT2D eigenvalue weighted by atomic mass is 16.6. The average Bonchev–Trinajstić information content (AvgIpc) is 3.59. The standard InChI is InChI=1S/C42H44N4O6/c1-30(2)42(29-43,34-18-10-5-11-19-34)25-13-12-20-38(47)45-28-36(52-39(48)26-31-21-23-35(24-22-31)46(50)51)27-37(45)41(49)44-40(32-14-6-3-7-15-32)33-16-8-4-9-17-33/h3-11,14-19,21-24,30,36-37,40H,12-13,20,25-28H2,1-2H3,(H,44,49)/t36-,37+,42-/m0/s1. The summed E-state index contributed by atoms with van der Waals surface area (Å²) in [7, 11) is 0. The van der Waals surface area contributed by atoms with Gasteiger partial charge in [0.25, 0.3) is 5.69 Å². The number of non-ortho nitro benzene ring substituents is 1. The van der Waals surface area contributed by atoms with Crippen LogP contribution in [0.1, 0.15) is 74.2 Å². The molecule has 1 heterocycles. The summed E-state index contributed by atoms with van der Waals surface area (Å²) in [6.45, 7) is 4.13. The van der Waals surface area contributed by atoms with Crippen molar-refractivity contribution in [3.8, 4) is 6.07 Å². The molecular weight excluding hydrogens is 656 g/mol. The van der Waals surface area contributed by atoms with Crippen LogP contribution in [-0.4, -0.2) is 46.3 Å². The lowest BCUT2D eigenvalue weighted by molar-refractivity contribution is -0.384. The molecule has 0 unspecified atom stereocenters. The number of nitro benzene ring substituents is 1. The van der Waals surface area contributed by atoms with Crippen LogP contribution in [0.5, 0.6) is 0 Å². The highest BCUT2D eigenvalue weighted by Gasteiger charge is 2.42. The zero-order valence-corrected chi connectivity index (χ0v) is 29.5. The van der Waals surface area contributed by atoms with Crippen molar-refractivity contribution >= 4 is 23.5 Å². The fraction of sp³-hybridized carbons (Fsp3) is 0.333. The molecule has 1 aliphatic rings. The number of nitrogens with zero attached hydrogens (tertiary/aromatic N) is 3. The maximum atomic E-state index is 14.1. The number of nitro groups is 1. The van der Waals surface area contributed by atoms with Crippen molar-refractivity contribution in [1.82, 2.24) is 10.2 Å². The molecule has 3 atom stereocenters. The topological polar surface area (TPSA) is 143 Å². The molecule has 1 fully saturated rings. The van der Waals surface area contributed by atoms with Gasteiger partial charge >= 0.3 is 5.97 Å². The molecule has 0 spiro atoms. The Labute approximate surface area is 304 Å². The zero-order valence-electron chi connectivity index (χ0n) is 29.5. The molecule has 0 aliphatic carbocycles. The molecule has 4 aromatic carbocycles. The number of benzene rings is 4. The molecule has 10 nitrogen and oxygen atoms in total. The Morgan fingerprint density at radius 1 is 0.904 bits per heavy atom. The summed E-state index contributed by atoms with van der Waals surface area (Å²) in [6, 6.07) is 35.8. The van der Waals surface area contributed by atoms with Crippen LogP contribution in [0, 0.1) is 27.4 Å². The van der Waals surface area contributed by atoms with Crippen LogP contribution in [0.25, 0.3) is 0 Å². The van der Waals surface area contributed by atoms with Gasteiger partial charge in [0, 0.05) is 25.0 Å². The van der Waals surface area contributed by atoms with Gasteiger partial charge in [0.1, 0.15) is 12.1 Å². The second-order valence-electron chi connectivity index (χ2n) is 13.6. The lowest BCUT2D eigenvalue weighted by Crippen LogP contribution is -2.47. The molecule has 1 saturated heterocycles. The number of likely N-dealkylation sites (tertiary alicyclic amines) is 1. The van der Waals surface area contributed by atoms with Crippen molar-refractivity contribution in [3.63, 3.8) is 0 Å². The summed E-state index contributed by atoms with van der Waals surface area (Å²) in [5, 5.41) is 24.5. The van der Waals surface area contributed by atoms with Crippen LogP contribution in [0.4, 0.5) is 5.69 Å². The summed E-state index contributed by atoms with van der Waals surface area (Å²) in [6.07, 6.45) is 1.20. The van der Waals surface area contributed by atoms with Gasteiger partial charge in [-0.3, -0.25) is 24.5 Å². The van der Waals surface area contributed by atoms with Gasteiger partial charge in [-0.2, -0.15) is 5.26 Å². The minimum atomic E-state index is -0.877. The van der Waals surface area contributed by atoms with Gasteiger partial charge in [0.05, 0.1) is 35.4 Å². The van der Waals surface area contributed by atoms with E-state index in [0.717, 1.165) is 16.7 Å². The van der Waals surface area contributed by atoms with Crippen molar-refractivity contribution in [1.29, 1.82) is 5.26 Å². The number of esters is 1. The van der Waals surface area contributed by atoms with E-state index in [1.54, 1.807) is 0 Å². The molecule has 0 bridgehead atoms. The smallest absolute Gasteiger partial charge is 0.310 e. The number of amides is 2. The number of unbranched alkanes of at least 4 members (excludes halogenated alkanes) is 1. The lowest BCUT2D eigenvalue weighted by atomic mass is 9.69. The van der Waals surface area contributed by atoms with E-state index in [4.69, 9.17) is 4.74 Å². The number of carbonyl (C=O) groups excluding carboxylic acids is 3. The fourth-order valence-electron chi connectivity index (χ4n) is 7.00. The predicted molar refractivity (Wildman–Crippen MR) is 197 cm³/mol. The molecule has 5 rings (SSSR count). The van der Waals surface area contributed by atoms with Gasteiger partial charge in [-0.05, 0) is 41.0 Å². The van der Waals surface area contributed by atoms with Crippen molar-refractivity contribution in [2.45, 2.75) is 76.0 Å². The maximum Gasteiger partial charge on any atom is 0.310 e. The van der Waals surface area contributed by atoms with Crippen LogP contribution in [0.15, 0.2) is 115 Å². The van der Waals surface area contributed by atoms with Crippen LogP contribution in [-0.2, 0) is 31.0 Å². The summed E-state index contributed by atoms with van der Waals surface area (Å²) < 4.78 is 5.81. The van der Waals surface area contributed by atoms with E-state index in [2.05, 4.69) is 11.4 Å². The maximum absolute atomic E-state index is 14.1. The molecule has 1 N–H and O–H groups in total. The van der Waals surface area contributed by atoms with E-state index in [0.29, 0.717) is 24.8 Å². The van der Waals surface area contributed by atoms with Crippen molar-refractivity contribution in [2.24, 2.45) is 5.92 Å². The van der Waals surface area contributed by atoms with Gasteiger partial charge in [-0.25, -0.2) is 0 Å². The van der Waals surface area contributed by atoms with Gasteiger partial charge in [0.2, 0.25) is 11.8 Å². The quantitative estimate of drug-likeness (QED) is 0.0597. The molecule has 268 valence electrons. The van der Waals surface area contributed by atoms with Crippen LogP contribution >= 0.6 is 0 Å². The van der Waals surface area contributed by atoms with Gasteiger partial charge in [-0.1, -0.05) is 123 Å². The SMILES string of the molecule is CC(C)[C@@](C#N)(CCCCC(=O)N1C[C@@H](OC(=O)Cc2ccc([N+](=O)[O-])cc2)C[C@@H]1C(=O)NC(c1ccccc1)c1ccccc1)c1ccccc1.